The number of rotatable bonds is 3. The predicted molar refractivity (Wildman–Crippen MR) is 80.8 cm³/mol. The molecule has 1 aromatic carbocycles. The molecule has 0 amide bonds. The van der Waals surface area contributed by atoms with Crippen molar-refractivity contribution in [3.8, 4) is 11.3 Å². The van der Waals surface area contributed by atoms with E-state index in [-0.39, 0.29) is 0 Å². The summed E-state index contributed by atoms with van der Waals surface area (Å²) in [5.74, 6) is 1.18. The summed E-state index contributed by atoms with van der Waals surface area (Å²) in [5, 5.41) is 0. The van der Waals surface area contributed by atoms with Gasteiger partial charge >= 0.3 is 0 Å². The zero-order valence-corrected chi connectivity index (χ0v) is 11.9. The monoisotopic (exact) mass is 267 g/mol. The molecule has 20 heavy (non-hydrogen) atoms. The summed E-state index contributed by atoms with van der Waals surface area (Å²) in [6.07, 6.45) is 7.07. The second kappa shape index (κ2) is 4.74. The molecule has 1 aliphatic heterocycles. The molecule has 1 aliphatic carbocycles. The van der Waals surface area contributed by atoms with Crippen molar-refractivity contribution in [2.24, 2.45) is 5.73 Å². The Morgan fingerprint density at radius 2 is 2.00 bits per heavy atom. The highest BCUT2D eigenvalue weighted by Gasteiger charge is 2.22. The highest BCUT2D eigenvalue weighted by atomic mass is 15.1. The first kappa shape index (κ1) is 12.2. The van der Waals surface area contributed by atoms with E-state index in [0.29, 0.717) is 6.54 Å². The highest BCUT2D eigenvalue weighted by molar-refractivity contribution is 5.65. The van der Waals surface area contributed by atoms with Crippen LogP contribution in [0.2, 0.25) is 0 Å². The van der Waals surface area contributed by atoms with Gasteiger partial charge in [-0.2, -0.15) is 0 Å². The second-order valence-electron chi connectivity index (χ2n) is 5.95. The predicted octanol–water partition coefficient (Wildman–Crippen LogP) is 2.49. The first-order valence-corrected chi connectivity index (χ1v) is 7.77. The van der Waals surface area contributed by atoms with Gasteiger partial charge in [-0.25, -0.2) is 4.98 Å². The number of benzene rings is 1. The fraction of sp³-hybridized carbons (Fsp3) is 0.471. The Kier molecular flexibility index (Phi) is 2.88. The summed E-state index contributed by atoms with van der Waals surface area (Å²) in [5.41, 5.74) is 12.7. The van der Waals surface area contributed by atoms with Crippen molar-refractivity contribution in [3.05, 3.63) is 40.8 Å². The maximum absolute atomic E-state index is 5.72. The number of fused-ring (bicyclic) bond motifs is 2. The van der Waals surface area contributed by atoms with E-state index in [0.717, 1.165) is 19.4 Å². The molecule has 0 bridgehead atoms. The Morgan fingerprint density at radius 3 is 2.90 bits per heavy atom. The van der Waals surface area contributed by atoms with Crippen LogP contribution >= 0.6 is 0 Å². The van der Waals surface area contributed by atoms with Crippen molar-refractivity contribution in [2.75, 3.05) is 6.54 Å². The van der Waals surface area contributed by atoms with Gasteiger partial charge in [0.25, 0.3) is 0 Å². The smallest absolute Gasteiger partial charge is 0.110 e. The largest absolute Gasteiger partial charge is 0.331 e. The van der Waals surface area contributed by atoms with Gasteiger partial charge in [-0.3, -0.25) is 0 Å². The zero-order chi connectivity index (χ0) is 13.5. The second-order valence-corrected chi connectivity index (χ2v) is 5.95. The Balaban J connectivity index is 1.80. The molecule has 0 fully saturated rings. The molecule has 3 nitrogen and oxygen atoms in total. The summed E-state index contributed by atoms with van der Waals surface area (Å²) < 4.78 is 2.40. The number of imidazole rings is 1. The van der Waals surface area contributed by atoms with Crippen molar-refractivity contribution in [1.29, 1.82) is 0 Å². The zero-order valence-electron chi connectivity index (χ0n) is 11.9. The minimum atomic E-state index is 0.681. The minimum absolute atomic E-state index is 0.681. The van der Waals surface area contributed by atoms with Gasteiger partial charge in [0.15, 0.2) is 0 Å². The Morgan fingerprint density at radius 1 is 1.10 bits per heavy atom. The van der Waals surface area contributed by atoms with E-state index in [9.17, 15) is 0 Å². The Labute approximate surface area is 119 Å². The first-order valence-electron chi connectivity index (χ1n) is 7.77. The summed E-state index contributed by atoms with van der Waals surface area (Å²) >= 11 is 0. The number of aryl methyl sites for hydroxylation is 2. The molecule has 104 valence electrons. The van der Waals surface area contributed by atoms with E-state index >= 15 is 0 Å². The number of nitrogens with zero attached hydrogens (tertiary/aromatic N) is 2. The van der Waals surface area contributed by atoms with Gasteiger partial charge in [0.2, 0.25) is 0 Å². The van der Waals surface area contributed by atoms with E-state index < -0.39 is 0 Å². The molecule has 3 heteroatoms. The fourth-order valence-electron chi connectivity index (χ4n) is 3.73. The van der Waals surface area contributed by atoms with Crippen LogP contribution in [0.3, 0.4) is 0 Å². The first-order chi connectivity index (χ1) is 9.86. The van der Waals surface area contributed by atoms with E-state index in [4.69, 9.17) is 10.7 Å². The van der Waals surface area contributed by atoms with E-state index in [2.05, 4.69) is 22.8 Å². The van der Waals surface area contributed by atoms with Gasteiger partial charge in [-0.1, -0.05) is 12.1 Å². The van der Waals surface area contributed by atoms with E-state index in [1.165, 1.54) is 59.6 Å². The minimum Gasteiger partial charge on any atom is -0.331 e. The van der Waals surface area contributed by atoms with Crippen LogP contribution in [0.5, 0.6) is 0 Å². The normalized spacial score (nSPS) is 16.4. The van der Waals surface area contributed by atoms with Crippen molar-refractivity contribution < 1.29 is 0 Å². The number of hydrogen-bond donors (Lipinski definition) is 1. The van der Waals surface area contributed by atoms with Crippen molar-refractivity contribution >= 4 is 0 Å². The summed E-state index contributed by atoms with van der Waals surface area (Å²) in [6.45, 7) is 1.79. The molecule has 2 N–H and O–H groups in total. The fourth-order valence-corrected chi connectivity index (χ4v) is 3.73. The van der Waals surface area contributed by atoms with Gasteiger partial charge in [-0.15, -0.1) is 0 Å². The van der Waals surface area contributed by atoms with Crippen LogP contribution in [0.15, 0.2) is 18.2 Å². The average Bonchev–Trinajstić information content (AvgIpc) is 3.14. The molecule has 0 radical (unpaired) electrons. The lowest BCUT2D eigenvalue weighted by Crippen LogP contribution is -2.08. The van der Waals surface area contributed by atoms with Crippen LogP contribution in [-0.2, 0) is 32.2 Å². The summed E-state index contributed by atoms with van der Waals surface area (Å²) in [6, 6.07) is 6.94. The summed E-state index contributed by atoms with van der Waals surface area (Å²) in [7, 11) is 0. The number of hydrogen-bond acceptors (Lipinski definition) is 2. The standard InChI is InChI=1S/C17H21N3/c18-9-8-16-19-17(15-5-2-10-20(15)16)14-7-6-12-3-1-4-13(12)11-14/h6-7,11H,1-5,8-10,18H2. The number of aromatic nitrogens is 2. The molecule has 0 atom stereocenters. The molecule has 0 spiro atoms. The lowest BCUT2D eigenvalue weighted by Gasteiger charge is -2.04. The van der Waals surface area contributed by atoms with Crippen LogP contribution in [0.1, 0.15) is 35.5 Å². The van der Waals surface area contributed by atoms with Gasteiger partial charge in [-0.05, 0) is 55.8 Å². The topological polar surface area (TPSA) is 43.8 Å². The third-order valence-corrected chi connectivity index (χ3v) is 4.69. The maximum Gasteiger partial charge on any atom is 0.110 e. The molecule has 0 unspecified atom stereocenters. The van der Waals surface area contributed by atoms with Crippen LogP contribution in [0.4, 0.5) is 0 Å². The van der Waals surface area contributed by atoms with Gasteiger partial charge in [0, 0.05) is 24.2 Å². The molecular formula is C17H21N3. The van der Waals surface area contributed by atoms with Gasteiger partial charge in [0.05, 0.1) is 5.69 Å². The average molecular weight is 267 g/mol. The molecule has 2 aromatic rings. The highest BCUT2D eigenvalue weighted by Crippen LogP contribution is 2.32. The van der Waals surface area contributed by atoms with Crippen LogP contribution in [0, 0.1) is 0 Å². The third-order valence-electron chi connectivity index (χ3n) is 4.69. The van der Waals surface area contributed by atoms with Crippen molar-refractivity contribution in [1.82, 2.24) is 9.55 Å². The third kappa shape index (κ3) is 1.80. The number of nitrogens with two attached hydrogens (primary N) is 1. The molecule has 0 saturated carbocycles. The lowest BCUT2D eigenvalue weighted by molar-refractivity contribution is 0.685. The maximum atomic E-state index is 5.72. The molecule has 4 rings (SSSR count). The SMILES string of the molecule is NCCc1nc(-c2ccc3c(c2)CCC3)c2n1CCC2. The van der Waals surface area contributed by atoms with Gasteiger partial charge in [0.1, 0.15) is 5.82 Å². The quantitative estimate of drug-likeness (QED) is 0.928. The molecule has 1 aromatic heterocycles. The summed E-state index contributed by atoms with van der Waals surface area (Å²) in [4.78, 5) is 4.90. The van der Waals surface area contributed by atoms with Gasteiger partial charge < -0.3 is 10.3 Å². The Bertz CT molecular complexity index is 654. The Hall–Kier alpha value is -1.61. The molecule has 2 aliphatic rings. The van der Waals surface area contributed by atoms with E-state index in [1.54, 1.807) is 0 Å². The lowest BCUT2D eigenvalue weighted by atomic mass is 10.0. The van der Waals surface area contributed by atoms with Crippen LogP contribution < -0.4 is 5.73 Å². The van der Waals surface area contributed by atoms with Crippen molar-refractivity contribution in [3.63, 3.8) is 0 Å². The van der Waals surface area contributed by atoms with Crippen LogP contribution in [-0.4, -0.2) is 16.1 Å². The van der Waals surface area contributed by atoms with E-state index in [1.807, 2.05) is 0 Å². The molecular weight excluding hydrogens is 246 g/mol. The van der Waals surface area contributed by atoms with Crippen molar-refractivity contribution in [2.45, 2.75) is 45.1 Å². The van der Waals surface area contributed by atoms with Crippen LogP contribution in [0.25, 0.3) is 11.3 Å². The molecule has 2 heterocycles. The molecule has 0 saturated heterocycles.